The normalized spacial score (nSPS) is 11.9. The third-order valence-electron chi connectivity index (χ3n) is 4.48. The Labute approximate surface area is 143 Å². The molecule has 0 saturated carbocycles. The number of ether oxygens (including phenoxy) is 2. The summed E-state index contributed by atoms with van der Waals surface area (Å²) in [5.74, 6) is 0.445. The molecule has 128 valence electrons. The molecule has 0 radical (unpaired) electrons. The average molecular weight is 328 g/mol. The van der Waals surface area contributed by atoms with Gasteiger partial charge in [-0.25, -0.2) is 0 Å². The number of carboxylic acid groups (broad SMARTS) is 1. The lowest BCUT2D eigenvalue weighted by Crippen LogP contribution is -2.09. The topological polar surface area (TPSA) is 55.8 Å². The lowest BCUT2D eigenvalue weighted by Gasteiger charge is -2.20. The van der Waals surface area contributed by atoms with Gasteiger partial charge < -0.3 is 14.6 Å². The molecule has 0 amide bonds. The van der Waals surface area contributed by atoms with E-state index >= 15 is 0 Å². The van der Waals surface area contributed by atoms with E-state index in [9.17, 15) is 9.90 Å². The number of methoxy groups -OCH3 is 2. The molecule has 0 aliphatic rings. The summed E-state index contributed by atoms with van der Waals surface area (Å²) < 4.78 is 10.8. The molecule has 0 fully saturated rings. The van der Waals surface area contributed by atoms with Crippen molar-refractivity contribution in [1.29, 1.82) is 0 Å². The summed E-state index contributed by atoms with van der Waals surface area (Å²) in [5, 5.41) is 9.38. The van der Waals surface area contributed by atoms with Crippen LogP contribution in [0.3, 0.4) is 0 Å². The summed E-state index contributed by atoms with van der Waals surface area (Å²) >= 11 is 0. The Kier molecular flexibility index (Phi) is 5.50. The van der Waals surface area contributed by atoms with E-state index < -0.39 is 5.97 Å². The van der Waals surface area contributed by atoms with Crippen LogP contribution in [0.2, 0.25) is 0 Å². The average Bonchev–Trinajstić information content (AvgIpc) is 2.55. The minimum absolute atomic E-state index is 0.0118. The van der Waals surface area contributed by atoms with Crippen LogP contribution in [0.1, 0.15) is 40.2 Å². The van der Waals surface area contributed by atoms with Crippen molar-refractivity contribution in [2.45, 2.75) is 33.1 Å². The predicted molar refractivity (Wildman–Crippen MR) is 94.3 cm³/mol. The van der Waals surface area contributed by atoms with Crippen molar-refractivity contribution in [3.05, 3.63) is 58.1 Å². The molecule has 4 nitrogen and oxygen atoms in total. The van der Waals surface area contributed by atoms with Crippen molar-refractivity contribution in [3.63, 3.8) is 0 Å². The Morgan fingerprint density at radius 1 is 0.958 bits per heavy atom. The highest BCUT2D eigenvalue weighted by Crippen LogP contribution is 2.35. The van der Waals surface area contributed by atoms with Gasteiger partial charge in [0.2, 0.25) is 0 Å². The maximum Gasteiger partial charge on any atom is 0.304 e. The largest absolute Gasteiger partial charge is 0.496 e. The molecule has 0 saturated heterocycles. The van der Waals surface area contributed by atoms with E-state index in [1.807, 2.05) is 51.1 Å². The summed E-state index contributed by atoms with van der Waals surface area (Å²) in [6, 6.07) is 9.82. The van der Waals surface area contributed by atoms with Crippen LogP contribution in [0.25, 0.3) is 0 Å². The van der Waals surface area contributed by atoms with Gasteiger partial charge >= 0.3 is 5.97 Å². The number of aryl methyl sites for hydroxylation is 2. The highest BCUT2D eigenvalue weighted by molar-refractivity contribution is 5.69. The van der Waals surface area contributed by atoms with Gasteiger partial charge in [-0.15, -0.1) is 0 Å². The maximum absolute atomic E-state index is 11.4. The number of hydrogen-bond acceptors (Lipinski definition) is 3. The number of carbonyl (C=O) groups is 1. The molecule has 1 N–H and O–H groups in total. The van der Waals surface area contributed by atoms with Crippen molar-refractivity contribution in [2.24, 2.45) is 0 Å². The molecule has 0 heterocycles. The van der Waals surface area contributed by atoms with Crippen molar-refractivity contribution in [3.8, 4) is 11.5 Å². The molecule has 4 heteroatoms. The SMILES string of the molecule is COc1cc(C(CC(=O)O)c2cc(C)c(C)c(OC)c2)ccc1C. The molecule has 1 atom stereocenters. The fourth-order valence-corrected chi connectivity index (χ4v) is 2.92. The van der Waals surface area contributed by atoms with Crippen LogP contribution >= 0.6 is 0 Å². The predicted octanol–water partition coefficient (Wildman–Crippen LogP) is 4.24. The van der Waals surface area contributed by atoms with E-state index in [-0.39, 0.29) is 12.3 Å². The van der Waals surface area contributed by atoms with Crippen LogP contribution in [-0.2, 0) is 4.79 Å². The molecule has 2 aromatic rings. The van der Waals surface area contributed by atoms with E-state index in [1.54, 1.807) is 14.2 Å². The van der Waals surface area contributed by atoms with Gasteiger partial charge in [-0.2, -0.15) is 0 Å². The smallest absolute Gasteiger partial charge is 0.304 e. The zero-order valence-corrected chi connectivity index (χ0v) is 14.8. The minimum atomic E-state index is -0.836. The van der Waals surface area contributed by atoms with Crippen molar-refractivity contribution < 1.29 is 19.4 Å². The van der Waals surface area contributed by atoms with Gasteiger partial charge in [0.05, 0.1) is 20.6 Å². The Morgan fingerprint density at radius 3 is 2.17 bits per heavy atom. The van der Waals surface area contributed by atoms with E-state index in [2.05, 4.69) is 0 Å². The van der Waals surface area contributed by atoms with Crippen LogP contribution in [0, 0.1) is 20.8 Å². The van der Waals surface area contributed by atoms with Crippen molar-refractivity contribution >= 4 is 5.97 Å². The molecule has 2 aromatic carbocycles. The fraction of sp³-hybridized carbons (Fsp3) is 0.350. The van der Waals surface area contributed by atoms with E-state index in [1.165, 1.54) is 0 Å². The summed E-state index contributed by atoms with van der Waals surface area (Å²) in [6.45, 7) is 5.97. The molecular formula is C20H24O4. The Bertz CT molecular complexity index is 750. The molecule has 0 aliphatic heterocycles. The van der Waals surface area contributed by atoms with Crippen LogP contribution in [0.4, 0.5) is 0 Å². The molecular weight excluding hydrogens is 304 g/mol. The summed E-state index contributed by atoms with van der Waals surface area (Å²) in [4.78, 5) is 11.4. The first kappa shape index (κ1) is 17.9. The Hall–Kier alpha value is -2.49. The highest BCUT2D eigenvalue weighted by atomic mass is 16.5. The lowest BCUT2D eigenvalue weighted by molar-refractivity contribution is -0.137. The Morgan fingerprint density at radius 2 is 1.58 bits per heavy atom. The van der Waals surface area contributed by atoms with Gasteiger partial charge in [0.25, 0.3) is 0 Å². The minimum Gasteiger partial charge on any atom is -0.496 e. The third-order valence-corrected chi connectivity index (χ3v) is 4.48. The first-order valence-electron chi connectivity index (χ1n) is 7.88. The van der Waals surface area contributed by atoms with E-state index in [4.69, 9.17) is 9.47 Å². The maximum atomic E-state index is 11.4. The number of carboxylic acids is 1. The number of benzene rings is 2. The number of aliphatic carboxylic acids is 1. The van der Waals surface area contributed by atoms with E-state index in [0.29, 0.717) is 0 Å². The van der Waals surface area contributed by atoms with Crippen LogP contribution in [0.15, 0.2) is 30.3 Å². The molecule has 0 bridgehead atoms. The zero-order chi connectivity index (χ0) is 17.9. The van der Waals surface area contributed by atoms with Gasteiger partial charge in [0.15, 0.2) is 0 Å². The Balaban J connectivity index is 2.57. The molecule has 0 aromatic heterocycles. The van der Waals surface area contributed by atoms with Crippen LogP contribution in [-0.4, -0.2) is 25.3 Å². The first-order valence-corrected chi connectivity index (χ1v) is 7.88. The van der Waals surface area contributed by atoms with Crippen LogP contribution < -0.4 is 9.47 Å². The monoisotopic (exact) mass is 328 g/mol. The van der Waals surface area contributed by atoms with Gasteiger partial charge in [-0.3, -0.25) is 4.79 Å². The zero-order valence-electron chi connectivity index (χ0n) is 14.8. The quantitative estimate of drug-likeness (QED) is 0.862. The van der Waals surface area contributed by atoms with Crippen molar-refractivity contribution in [2.75, 3.05) is 14.2 Å². The number of rotatable bonds is 6. The van der Waals surface area contributed by atoms with Gasteiger partial charge in [0, 0.05) is 5.92 Å². The van der Waals surface area contributed by atoms with Gasteiger partial charge in [0.1, 0.15) is 11.5 Å². The molecule has 0 spiro atoms. The summed E-state index contributed by atoms with van der Waals surface area (Å²) in [7, 11) is 3.25. The molecule has 2 rings (SSSR count). The molecule has 1 unspecified atom stereocenters. The first-order chi connectivity index (χ1) is 11.4. The third kappa shape index (κ3) is 3.70. The lowest BCUT2D eigenvalue weighted by atomic mass is 9.86. The van der Waals surface area contributed by atoms with Gasteiger partial charge in [-0.1, -0.05) is 18.2 Å². The van der Waals surface area contributed by atoms with Crippen LogP contribution in [0.5, 0.6) is 11.5 Å². The number of hydrogen-bond donors (Lipinski definition) is 1. The summed E-state index contributed by atoms with van der Waals surface area (Å²) in [5.41, 5.74) is 5.03. The second-order valence-electron chi connectivity index (χ2n) is 6.04. The standard InChI is InChI=1S/C20H24O4/c1-12-6-7-15(9-18(12)23-4)17(11-20(21)22)16-8-13(2)14(3)19(10-16)24-5/h6-10,17H,11H2,1-5H3,(H,21,22). The van der Waals surface area contributed by atoms with Gasteiger partial charge in [-0.05, 0) is 60.7 Å². The fourth-order valence-electron chi connectivity index (χ4n) is 2.92. The molecule has 24 heavy (non-hydrogen) atoms. The highest BCUT2D eigenvalue weighted by Gasteiger charge is 2.21. The van der Waals surface area contributed by atoms with E-state index in [0.717, 1.165) is 39.3 Å². The summed E-state index contributed by atoms with van der Waals surface area (Å²) in [6.07, 6.45) is 0.0118. The second kappa shape index (κ2) is 7.39. The van der Waals surface area contributed by atoms with Crippen molar-refractivity contribution in [1.82, 2.24) is 0 Å². The molecule has 0 aliphatic carbocycles. The second-order valence-corrected chi connectivity index (χ2v) is 6.04.